The van der Waals surface area contributed by atoms with Crippen molar-refractivity contribution in [2.45, 2.75) is 46.6 Å². The minimum absolute atomic E-state index is 0.221. The number of aliphatic hydroxyl groups excluding tert-OH is 1. The van der Waals surface area contributed by atoms with Crippen LogP contribution in [-0.4, -0.2) is 25.4 Å². The van der Waals surface area contributed by atoms with E-state index < -0.39 is 0 Å². The smallest absolute Gasteiger partial charge is 0.160 e. The maximum absolute atomic E-state index is 10.3. The number of benzene rings is 1. The molecule has 0 aliphatic rings. The van der Waals surface area contributed by atoms with Crippen LogP contribution in [-0.2, 0) is 6.42 Å². The number of ether oxygens (including phenoxy) is 2. The van der Waals surface area contributed by atoms with E-state index in [1.54, 1.807) is 14.2 Å². The molecule has 1 aromatic rings. The maximum atomic E-state index is 10.3. The summed E-state index contributed by atoms with van der Waals surface area (Å²) in [5, 5.41) is 10.3. The van der Waals surface area contributed by atoms with E-state index in [4.69, 9.17) is 9.47 Å². The van der Waals surface area contributed by atoms with E-state index in [1.807, 2.05) is 18.2 Å². The Labute approximate surface area is 122 Å². The van der Waals surface area contributed by atoms with Crippen molar-refractivity contribution in [1.29, 1.82) is 0 Å². The van der Waals surface area contributed by atoms with E-state index in [2.05, 4.69) is 27.7 Å². The van der Waals surface area contributed by atoms with Gasteiger partial charge in [0.05, 0.1) is 20.3 Å². The summed E-state index contributed by atoms with van der Waals surface area (Å²) in [5.74, 6) is 1.90. The lowest BCUT2D eigenvalue weighted by Gasteiger charge is -2.29. The van der Waals surface area contributed by atoms with Crippen molar-refractivity contribution in [1.82, 2.24) is 0 Å². The molecule has 3 heteroatoms. The monoisotopic (exact) mass is 280 g/mol. The van der Waals surface area contributed by atoms with Gasteiger partial charge in [-0.2, -0.15) is 0 Å². The van der Waals surface area contributed by atoms with E-state index in [-0.39, 0.29) is 11.5 Å². The Bertz CT molecular complexity index is 421. The van der Waals surface area contributed by atoms with Gasteiger partial charge >= 0.3 is 0 Å². The van der Waals surface area contributed by atoms with Crippen LogP contribution in [0.5, 0.6) is 11.5 Å². The van der Waals surface area contributed by atoms with Gasteiger partial charge in [-0.05, 0) is 41.9 Å². The van der Waals surface area contributed by atoms with E-state index in [9.17, 15) is 5.11 Å². The van der Waals surface area contributed by atoms with Crippen LogP contribution in [0.4, 0.5) is 0 Å². The maximum Gasteiger partial charge on any atom is 0.160 e. The van der Waals surface area contributed by atoms with Crippen LogP contribution < -0.4 is 9.47 Å². The van der Waals surface area contributed by atoms with Gasteiger partial charge < -0.3 is 14.6 Å². The molecule has 2 atom stereocenters. The second-order valence-corrected chi connectivity index (χ2v) is 6.55. The standard InChI is InChI=1S/C17H28O3/c1-12(17(2,3)4)9-14(18)10-13-7-8-15(19-5)16(11-13)20-6/h7-8,11-12,14,18H,9-10H2,1-6H3. The molecule has 0 amide bonds. The van der Waals surface area contributed by atoms with Crippen molar-refractivity contribution in [3.63, 3.8) is 0 Å². The first-order valence-corrected chi connectivity index (χ1v) is 7.17. The van der Waals surface area contributed by atoms with Gasteiger partial charge in [-0.25, -0.2) is 0 Å². The van der Waals surface area contributed by atoms with Gasteiger partial charge in [0.1, 0.15) is 0 Å². The summed E-state index contributed by atoms with van der Waals surface area (Å²) in [5.41, 5.74) is 1.29. The van der Waals surface area contributed by atoms with Crippen LogP contribution in [0.3, 0.4) is 0 Å². The fourth-order valence-electron chi connectivity index (χ4n) is 2.12. The summed E-state index contributed by atoms with van der Waals surface area (Å²) in [6, 6.07) is 5.80. The van der Waals surface area contributed by atoms with Crippen LogP contribution in [0.25, 0.3) is 0 Å². The third-order valence-electron chi connectivity index (χ3n) is 4.02. The molecule has 20 heavy (non-hydrogen) atoms. The SMILES string of the molecule is COc1ccc(CC(O)CC(C)C(C)(C)C)cc1OC. The predicted octanol–water partition coefficient (Wildman–Crippen LogP) is 3.68. The van der Waals surface area contributed by atoms with Crippen molar-refractivity contribution < 1.29 is 14.6 Å². The molecule has 0 bridgehead atoms. The summed E-state index contributed by atoms with van der Waals surface area (Å²) in [6.07, 6.45) is 1.11. The van der Waals surface area contributed by atoms with Gasteiger partial charge in [0.2, 0.25) is 0 Å². The first-order chi connectivity index (χ1) is 9.27. The van der Waals surface area contributed by atoms with E-state index in [0.717, 1.165) is 12.0 Å². The van der Waals surface area contributed by atoms with Crippen LogP contribution >= 0.6 is 0 Å². The topological polar surface area (TPSA) is 38.7 Å². The highest BCUT2D eigenvalue weighted by atomic mass is 16.5. The lowest BCUT2D eigenvalue weighted by Crippen LogP contribution is -2.24. The lowest BCUT2D eigenvalue weighted by atomic mass is 9.78. The minimum Gasteiger partial charge on any atom is -0.493 e. The molecule has 0 fully saturated rings. The number of methoxy groups -OCH3 is 2. The average molecular weight is 280 g/mol. The molecule has 0 aliphatic heterocycles. The van der Waals surface area contributed by atoms with Gasteiger partial charge in [-0.15, -0.1) is 0 Å². The summed E-state index contributed by atoms with van der Waals surface area (Å²) in [4.78, 5) is 0. The average Bonchev–Trinajstić information content (AvgIpc) is 2.37. The molecule has 3 nitrogen and oxygen atoms in total. The second kappa shape index (κ2) is 6.98. The largest absolute Gasteiger partial charge is 0.493 e. The molecule has 0 spiro atoms. The third kappa shape index (κ3) is 4.71. The molecule has 0 saturated carbocycles. The fraction of sp³-hybridized carbons (Fsp3) is 0.647. The zero-order chi connectivity index (χ0) is 15.3. The molecule has 0 aliphatic carbocycles. The highest BCUT2D eigenvalue weighted by molar-refractivity contribution is 5.43. The zero-order valence-electron chi connectivity index (χ0n) is 13.6. The number of aliphatic hydroxyl groups is 1. The van der Waals surface area contributed by atoms with Gasteiger partial charge in [0.15, 0.2) is 11.5 Å². The summed E-state index contributed by atoms with van der Waals surface area (Å²) < 4.78 is 10.5. The normalized spacial score (nSPS) is 14.8. The van der Waals surface area contributed by atoms with Crippen LogP contribution in [0, 0.1) is 11.3 Å². The van der Waals surface area contributed by atoms with Crippen LogP contribution in [0.2, 0.25) is 0 Å². The molecule has 0 saturated heterocycles. The Morgan fingerprint density at radius 3 is 2.20 bits per heavy atom. The zero-order valence-corrected chi connectivity index (χ0v) is 13.6. The van der Waals surface area contributed by atoms with Gasteiger partial charge in [0, 0.05) is 0 Å². The molecule has 0 aromatic heterocycles. The Kier molecular flexibility index (Phi) is 5.88. The Hall–Kier alpha value is -1.22. The van der Waals surface area contributed by atoms with Gasteiger partial charge in [-0.1, -0.05) is 33.8 Å². The number of hydrogen-bond acceptors (Lipinski definition) is 3. The molecule has 0 heterocycles. The second-order valence-electron chi connectivity index (χ2n) is 6.55. The molecule has 114 valence electrons. The molecule has 0 radical (unpaired) electrons. The van der Waals surface area contributed by atoms with Crippen molar-refractivity contribution in [2.24, 2.45) is 11.3 Å². The Morgan fingerprint density at radius 1 is 1.10 bits per heavy atom. The number of rotatable bonds is 6. The van der Waals surface area contributed by atoms with Crippen molar-refractivity contribution >= 4 is 0 Å². The van der Waals surface area contributed by atoms with Crippen molar-refractivity contribution in [2.75, 3.05) is 14.2 Å². The third-order valence-corrected chi connectivity index (χ3v) is 4.02. The minimum atomic E-state index is -0.331. The quantitative estimate of drug-likeness (QED) is 0.864. The lowest BCUT2D eigenvalue weighted by molar-refractivity contribution is 0.110. The van der Waals surface area contributed by atoms with Gasteiger partial charge in [0.25, 0.3) is 0 Å². The summed E-state index contributed by atoms with van der Waals surface area (Å²) >= 11 is 0. The fourth-order valence-corrected chi connectivity index (χ4v) is 2.12. The molecule has 1 rings (SSSR count). The molecular weight excluding hydrogens is 252 g/mol. The molecule has 1 aromatic carbocycles. The summed E-state index contributed by atoms with van der Waals surface area (Å²) in [7, 11) is 3.25. The summed E-state index contributed by atoms with van der Waals surface area (Å²) in [6.45, 7) is 8.82. The molecular formula is C17H28O3. The van der Waals surface area contributed by atoms with Crippen molar-refractivity contribution in [3.8, 4) is 11.5 Å². The Balaban J connectivity index is 2.69. The van der Waals surface area contributed by atoms with Gasteiger partial charge in [-0.3, -0.25) is 0 Å². The highest BCUT2D eigenvalue weighted by Gasteiger charge is 2.23. The van der Waals surface area contributed by atoms with Crippen LogP contribution in [0.1, 0.15) is 39.7 Å². The van der Waals surface area contributed by atoms with E-state index in [1.165, 1.54) is 0 Å². The van der Waals surface area contributed by atoms with E-state index in [0.29, 0.717) is 23.8 Å². The highest BCUT2D eigenvalue weighted by Crippen LogP contribution is 2.31. The van der Waals surface area contributed by atoms with Crippen LogP contribution in [0.15, 0.2) is 18.2 Å². The molecule has 2 unspecified atom stereocenters. The van der Waals surface area contributed by atoms with Crippen molar-refractivity contribution in [3.05, 3.63) is 23.8 Å². The number of hydrogen-bond donors (Lipinski definition) is 1. The Morgan fingerprint density at radius 2 is 1.70 bits per heavy atom. The first-order valence-electron chi connectivity index (χ1n) is 7.17. The first kappa shape index (κ1) is 16.8. The predicted molar refractivity (Wildman–Crippen MR) is 82.5 cm³/mol. The molecule has 1 N–H and O–H groups in total. The van der Waals surface area contributed by atoms with E-state index >= 15 is 0 Å².